The SMILES string of the molecule is O=C1[C@@H]2[C@H](ON(c3ccccc3)[C@H]2c2ccccc2[N+](=O)[O-])C(=O)N1c1cccc(-c2ccccc2)c1. The molecule has 2 fully saturated rings. The van der Waals surface area contributed by atoms with E-state index in [1.54, 1.807) is 60.7 Å². The summed E-state index contributed by atoms with van der Waals surface area (Å²) in [7, 11) is 0. The first kappa shape index (κ1) is 22.6. The van der Waals surface area contributed by atoms with Crippen molar-refractivity contribution in [3.63, 3.8) is 0 Å². The molecule has 0 radical (unpaired) electrons. The summed E-state index contributed by atoms with van der Waals surface area (Å²) in [5.41, 5.74) is 3.01. The molecule has 182 valence electrons. The van der Waals surface area contributed by atoms with Gasteiger partial charge in [0, 0.05) is 6.07 Å². The number of anilines is 2. The van der Waals surface area contributed by atoms with Crippen LogP contribution < -0.4 is 9.96 Å². The number of carbonyl (C=O) groups excluding carboxylic acids is 2. The molecule has 6 rings (SSSR count). The summed E-state index contributed by atoms with van der Waals surface area (Å²) in [5.74, 6) is -1.92. The van der Waals surface area contributed by atoms with Gasteiger partial charge in [0.1, 0.15) is 12.0 Å². The standard InChI is InChI=1S/C29H21N3O5/c33-28-25-26(23-16-7-8-17-24(23)32(35)36)31(21-13-5-2-6-14-21)37-27(25)29(34)30(28)22-15-9-12-20(18-22)19-10-3-1-4-11-19/h1-18,25-27H/t25-,26-,27-/m0/s1. The second kappa shape index (κ2) is 9.00. The van der Waals surface area contributed by atoms with Gasteiger partial charge in [0.15, 0.2) is 6.10 Å². The lowest BCUT2D eigenvalue weighted by Crippen LogP contribution is -2.37. The molecule has 0 N–H and O–H groups in total. The fraction of sp³-hybridized carbons (Fsp3) is 0.103. The van der Waals surface area contributed by atoms with Crippen molar-refractivity contribution in [2.75, 3.05) is 9.96 Å². The van der Waals surface area contributed by atoms with Crippen LogP contribution in [0.25, 0.3) is 11.1 Å². The Bertz CT molecular complexity index is 1510. The summed E-state index contributed by atoms with van der Waals surface area (Å²) in [6.45, 7) is 0. The van der Waals surface area contributed by atoms with Crippen molar-refractivity contribution in [2.45, 2.75) is 12.1 Å². The summed E-state index contributed by atoms with van der Waals surface area (Å²) in [5, 5.41) is 13.4. The van der Waals surface area contributed by atoms with E-state index in [4.69, 9.17) is 4.84 Å². The van der Waals surface area contributed by atoms with Gasteiger partial charge in [-0.3, -0.25) is 24.5 Å². The molecule has 0 saturated carbocycles. The van der Waals surface area contributed by atoms with Crippen molar-refractivity contribution in [3.05, 3.63) is 125 Å². The fourth-order valence-electron chi connectivity index (χ4n) is 5.14. The molecule has 2 amide bonds. The van der Waals surface area contributed by atoms with Crippen molar-refractivity contribution in [3.8, 4) is 11.1 Å². The third-order valence-corrected chi connectivity index (χ3v) is 6.79. The van der Waals surface area contributed by atoms with E-state index in [9.17, 15) is 19.7 Å². The van der Waals surface area contributed by atoms with Crippen LogP contribution >= 0.6 is 0 Å². The Kier molecular flexibility index (Phi) is 5.50. The zero-order valence-corrected chi connectivity index (χ0v) is 19.5. The van der Waals surface area contributed by atoms with E-state index < -0.39 is 34.8 Å². The number of hydrogen-bond acceptors (Lipinski definition) is 6. The average molecular weight is 492 g/mol. The number of fused-ring (bicyclic) bond motifs is 1. The third kappa shape index (κ3) is 3.75. The van der Waals surface area contributed by atoms with Gasteiger partial charge < -0.3 is 0 Å². The minimum Gasteiger partial charge on any atom is -0.273 e. The van der Waals surface area contributed by atoms with Gasteiger partial charge in [-0.05, 0) is 41.5 Å². The Hall–Kier alpha value is -4.82. The molecule has 8 nitrogen and oxygen atoms in total. The summed E-state index contributed by atoms with van der Waals surface area (Å²) >= 11 is 0. The van der Waals surface area contributed by atoms with Crippen molar-refractivity contribution in [2.24, 2.45) is 5.92 Å². The molecule has 37 heavy (non-hydrogen) atoms. The van der Waals surface area contributed by atoms with Gasteiger partial charge >= 0.3 is 0 Å². The second-order valence-corrected chi connectivity index (χ2v) is 8.90. The Morgan fingerprint density at radius 1 is 0.703 bits per heavy atom. The Balaban J connectivity index is 1.44. The molecule has 2 saturated heterocycles. The van der Waals surface area contributed by atoms with Gasteiger partial charge in [0.05, 0.1) is 21.9 Å². The number of benzene rings is 4. The molecule has 2 aliphatic rings. The van der Waals surface area contributed by atoms with E-state index in [-0.39, 0.29) is 5.69 Å². The van der Waals surface area contributed by atoms with Crippen LogP contribution in [0.15, 0.2) is 109 Å². The minimum absolute atomic E-state index is 0.137. The summed E-state index contributed by atoms with van der Waals surface area (Å²) in [6.07, 6.45) is -1.11. The first-order chi connectivity index (χ1) is 18.0. The second-order valence-electron chi connectivity index (χ2n) is 8.90. The van der Waals surface area contributed by atoms with Crippen molar-refractivity contribution < 1.29 is 19.3 Å². The largest absolute Gasteiger partial charge is 0.274 e. The van der Waals surface area contributed by atoms with Crippen molar-refractivity contribution >= 4 is 28.9 Å². The van der Waals surface area contributed by atoms with Crippen molar-refractivity contribution in [1.29, 1.82) is 0 Å². The van der Waals surface area contributed by atoms with E-state index >= 15 is 0 Å². The molecule has 0 aromatic heterocycles. The number of hydrogen-bond donors (Lipinski definition) is 0. The zero-order valence-electron chi connectivity index (χ0n) is 19.5. The normalized spacial score (nSPS) is 20.8. The molecule has 0 aliphatic carbocycles. The van der Waals surface area contributed by atoms with Gasteiger partial charge in [-0.2, -0.15) is 0 Å². The van der Waals surface area contributed by atoms with E-state index in [1.807, 2.05) is 42.5 Å². The van der Waals surface area contributed by atoms with E-state index in [0.717, 1.165) is 16.0 Å². The summed E-state index contributed by atoms with van der Waals surface area (Å²) < 4.78 is 0. The lowest BCUT2D eigenvalue weighted by atomic mass is 9.89. The van der Waals surface area contributed by atoms with Crippen molar-refractivity contribution in [1.82, 2.24) is 0 Å². The van der Waals surface area contributed by atoms with E-state index in [2.05, 4.69) is 0 Å². The smallest absolute Gasteiger partial charge is 0.273 e. The maximum Gasteiger partial charge on any atom is 0.274 e. The highest BCUT2D eigenvalue weighted by molar-refractivity contribution is 6.24. The monoisotopic (exact) mass is 491 g/mol. The Morgan fingerprint density at radius 2 is 1.32 bits per heavy atom. The van der Waals surface area contributed by atoms with Gasteiger partial charge in [0.2, 0.25) is 5.91 Å². The highest BCUT2D eigenvalue weighted by atomic mass is 16.7. The number of carbonyl (C=O) groups is 2. The number of para-hydroxylation sites is 2. The lowest BCUT2D eigenvalue weighted by Gasteiger charge is -2.28. The summed E-state index contributed by atoms with van der Waals surface area (Å²) in [4.78, 5) is 46.2. The minimum atomic E-state index is -1.11. The average Bonchev–Trinajstić information content (AvgIpc) is 3.45. The van der Waals surface area contributed by atoms with E-state index in [1.165, 1.54) is 11.1 Å². The molecule has 2 aliphatic heterocycles. The number of amides is 2. The van der Waals surface area contributed by atoms with Crippen LogP contribution in [0.4, 0.5) is 17.1 Å². The van der Waals surface area contributed by atoms with Crippen LogP contribution in [0, 0.1) is 16.0 Å². The van der Waals surface area contributed by atoms with Crippen LogP contribution in [0.1, 0.15) is 11.6 Å². The van der Waals surface area contributed by atoms with Gasteiger partial charge in [-0.15, -0.1) is 0 Å². The molecule has 8 heteroatoms. The Labute approximate surface area is 212 Å². The molecular weight excluding hydrogens is 470 g/mol. The Morgan fingerprint density at radius 3 is 2.05 bits per heavy atom. The van der Waals surface area contributed by atoms with Crippen LogP contribution in [0.2, 0.25) is 0 Å². The number of rotatable bonds is 5. The highest BCUT2D eigenvalue weighted by Crippen LogP contribution is 2.49. The van der Waals surface area contributed by atoms with E-state index in [0.29, 0.717) is 16.9 Å². The number of nitro benzene ring substituents is 1. The quantitative estimate of drug-likeness (QED) is 0.213. The van der Waals surface area contributed by atoms with Gasteiger partial charge in [-0.1, -0.05) is 72.8 Å². The molecule has 2 heterocycles. The van der Waals surface area contributed by atoms with Gasteiger partial charge in [0.25, 0.3) is 11.6 Å². The number of nitro groups is 1. The third-order valence-electron chi connectivity index (χ3n) is 6.79. The van der Waals surface area contributed by atoms with Crippen LogP contribution in [-0.4, -0.2) is 22.8 Å². The van der Waals surface area contributed by atoms with Crippen LogP contribution in [-0.2, 0) is 14.4 Å². The molecule has 0 bridgehead atoms. The predicted molar refractivity (Wildman–Crippen MR) is 137 cm³/mol. The van der Waals surface area contributed by atoms with Crippen LogP contribution in [0.5, 0.6) is 0 Å². The first-order valence-electron chi connectivity index (χ1n) is 11.8. The molecule has 0 spiro atoms. The summed E-state index contributed by atoms with van der Waals surface area (Å²) in [6, 6.07) is 31.2. The number of imide groups is 1. The molecular formula is C29H21N3O5. The predicted octanol–water partition coefficient (Wildman–Crippen LogP) is 5.31. The molecule has 4 aromatic rings. The lowest BCUT2D eigenvalue weighted by molar-refractivity contribution is -0.385. The topological polar surface area (TPSA) is 93.0 Å². The molecule has 0 unspecified atom stereocenters. The fourth-order valence-corrected chi connectivity index (χ4v) is 5.14. The molecule has 4 aromatic carbocycles. The molecule has 3 atom stereocenters. The maximum atomic E-state index is 13.9. The van der Waals surface area contributed by atoms with Gasteiger partial charge in [-0.25, -0.2) is 9.96 Å². The van der Waals surface area contributed by atoms with Crippen LogP contribution in [0.3, 0.4) is 0 Å². The zero-order chi connectivity index (χ0) is 25.5. The maximum absolute atomic E-state index is 13.9. The number of hydroxylamine groups is 1. The first-order valence-corrected chi connectivity index (χ1v) is 11.8. The number of nitrogens with zero attached hydrogens (tertiary/aromatic N) is 3. The highest BCUT2D eigenvalue weighted by Gasteiger charge is 2.61.